The van der Waals surface area contributed by atoms with Gasteiger partial charge in [-0.3, -0.25) is 4.79 Å². The third-order valence-electron chi connectivity index (χ3n) is 1.88. The molecule has 0 spiro atoms. The maximum atomic E-state index is 11.0. The van der Waals surface area contributed by atoms with Gasteiger partial charge in [0, 0.05) is 12.2 Å². The second-order valence-corrected chi connectivity index (χ2v) is 2.98. The van der Waals surface area contributed by atoms with Crippen molar-refractivity contribution in [3.8, 4) is 0 Å². The van der Waals surface area contributed by atoms with Gasteiger partial charge < -0.3 is 10.1 Å². The van der Waals surface area contributed by atoms with Crippen molar-refractivity contribution in [3.05, 3.63) is 29.8 Å². The summed E-state index contributed by atoms with van der Waals surface area (Å²) in [5.74, 6) is -0.210. The molecule has 0 amide bonds. The van der Waals surface area contributed by atoms with Crippen LogP contribution in [-0.2, 0) is 16.0 Å². The van der Waals surface area contributed by atoms with Crippen molar-refractivity contribution in [2.24, 2.45) is 0 Å². The molecule has 0 aromatic heterocycles. The summed E-state index contributed by atoms with van der Waals surface area (Å²) in [5, 5.41) is 3.19. The number of anilines is 1. The fraction of sp³-hybridized carbons (Fsp3) is 0.364. The summed E-state index contributed by atoms with van der Waals surface area (Å²) >= 11 is 0. The van der Waals surface area contributed by atoms with Crippen LogP contribution in [0.3, 0.4) is 0 Å². The molecule has 1 aromatic carbocycles. The largest absolute Gasteiger partial charge is 0.469 e. The van der Waals surface area contributed by atoms with Crippen LogP contribution < -0.4 is 5.32 Å². The molecule has 1 N–H and O–H groups in total. The minimum atomic E-state index is -0.210. The molecule has 0 saturated carbocycles. The van der Waals surface area contributed by atoms with Crippen molar-refractivity contribution in [3.63, 3.8) is 0 Å². The summed E-state index contributed by atoms with van der Waals surface area (Å²) in [6.07, 6.45) is 0.329. The second kappa shape index (κ2) is 5.27. The van der Waals surface area contributed by atoms with E-state index in [1.54, 1.807) is 0 Å². The number of carbonyl (C=O) groups is 1. The minimum Gasteiger partial charge on any atom is -0.469 e. The predicted molar refractivity (Wildman–Crippen MR) is 56.3 cm³/mol. The van der Waals surface area contributed by atoms with Gasteiger partial charge in [0.1, 0.15) is 0 Å². The number of methoxy groups -OCH3 is 1. The summed E-state index contributed by atoms with van der Waals surface area (Å²) in [7, 11) is 1.40. The lowest BCUT2D eigenvalue weighted by Gasteiger charge is -2.05. The van der Waals surface area contributed by atoms with Crippen LogP contribution in [0.15, 0.2) is 24.3 Å². The molecule has 3 heteroatoms. The predicted octanol–water partition coefficient (Wildman–Crippen LogP) is 1.83. The number of benzene rings is 1. The summed E-state index contributed by atoms with van der Waals surface area (Å²) in [4.78, 5) is 11.0. The maximum Gasteiger partial charge on any atom is 0.309 e. The van der Waals surface area contributed by atoms with E-state index < -0.39 is 0 Å². The van der Waals surface area contributed by atoms with Gasteiger partial charge in [-0.25, -0.2) is 0 Å². The Labute approximate surface area is 84.1 Å². The topological polar surface area (TPSA) is 38.3 Å². The molecule has 14 heavy (non-hydrogen) atoms. The Morgan fingerprint density at radius 2 is 2.29 bits per heavy atom. The smallest absolute Gasteiger partial charge is 0.309 e. The van der Waals surface area contributed by atoms with Crippen LogP contribution in [0.2, 0.25) is 0 Å². The Balaban J connectivity index is 2.68. The normalized spacial score (nSPS) is 9.57. The zero-order valence-electron chi connectivity index (χ0n) is 8.54. The number of nitrogens with one attached hydrogen (secondary N) is 1. The lowest BCUT2D eigenvalue weighted by molar-refractivity contribution is -0.139. The third-order valence-corrected chi connectivity index (χ3v) is 1.88. The Bertz CT molecular complexity index is 310. The lowest BCUT2D eigenvalue weighted by atomic mass is 10.1. The quantitative estimate of drug-likeness (QED) is 0.741. The van der Waals surface area contributed by atoms with E-state index in [0.29, 0.717) is 6.42 Å². The van der Waals surface area contributed by atoms with Gasteiger partial charge in [0.2, 0.25) is 0 Å². The first kappa shape index (κ1) is 10.6. The zero-order valence-corrected chi connectivity index (χ0v) is 8.54. The number of rotatable bonds is 4. The molecule has 0 atom stereocenters. The highest BCUT2D eigenvalue weighted by atomic mass is 16.5. The molecule has 0 heterocycles. The molecule has 0 saturated heterocycles. The lowest BCUT2D eigenvalue weighted by Crippen LogP contribution is -2.05. The fourth-order valence-corrected chi connectivity index (χ4v) is 1.23. The molecular formula is C11H15NO2. The zero-order chi connectivity index (χ0) is 10.4. The van der Waals surface area contributed by atoms with Crippen LogP contribution in [-0.4, -0.2) is 19.6 Å². The van der Waals surface area contributed by atoms with Crippen LogP contribution >= 0.6 is 0 Å². The van der Waals surface area contributed by atoms with E-state index in [1.165, 1.54) is 7.11 Å². The highest BCUT2D eigenvalue weighted by Crippen LogP contribution is 2.11. The van der Waals surface area contributed by atoms with Gasteiger partial charge in [0.25, 0.3) is 0 Å². The standard InChI is InChI=1S/C11H15NO2/c1-3-12-10-6-4-5-9(7-10)8-11(13)14-2/h4-7,12H,3,8H2,1-2H3. The van der Waals surface area contributed by atoms with Gasteiger partial charge in [0.15, 0.2) is 0 Å². The minimum absolute atomic E-state index is 0.210. The Hall–Kier alpha value is -1.51. The summed E-state index contributed by atoms with van der Waals surface area (Å²) < 4.78 is 4.59. The number of carbonyl (C=O) groups excluding carboxylic acids is 1. The molecule has 1 rings (SSSR count). The molecule has 3 nitrogen and oxygen atoms in total. The first-order valence-electron chi connectivity index (χ1n) is 4.66. The first-order valence-corrected chi connectivity index (χ1v) is 4.66. The van der Waals surface area contributed by atoms with Gasteiger partial charge in [-0.15, -0.1) is 0 Å². The maximum absolute atomic E-state index is 11.0. The van der Waals surface area contributed by atoms with Crippen molar-refractivity contribution >= 4 is 11.7 Å². The van der Waals surface area contributed by atoms with Crippen LogP contribution in [0.5, 0.6) is 0 Å². The second-order valence-electron chi connectivity index (χ2n) is 2.98. The van der Waals surface area contributed by atoms with Crippen molar-refractivity contribution in [1.82, 2.24) is 0 Å². The monoisotopic (exact) mass is 193 g/mol. The molecule has 1 aromatic rings. The highest BCUT2D eigenvalue weighted by Gasteiger charge is 2.02. The molecule has 0 aliphatic heterocycles. The van der Waals surface area contributed by atoms with Crippen LogP contribution in [0, 0.1) is 0 Å². The van der Waals surface area contributed by atoms with Crippen LogP contribution in [0.4, 0.5) is 5.69 Å². The van der Waals surface area contributed by atoms with Crippen LogP contribution in [0.25, 0.3) is 0 Å². The molecule has 76 valence electrons. The van der Waals surface area contributed by atoms with E-state index in [9.17, 15) is 4.79 Å². The Morgan fingerprint density at radius 1 is 1.50 bits per heavy atom. The number of ether oxygens (including phenoxy) is 1. The van der Waals surface area contributed by atoms with Crippen LogP contribution in [0.1, 0.15) is 12.5 Å². The number of esters is 1. The third kappa shape index (κ3) is 3.09. The molecule has 0 bridgehead atoms. The van der Waals surface area contributed by atoms with Gasteiger partial charge in [0.05, 0.1) is 13.5 Å². The van der Waals surface area contributed by atoms with E-state index >= 15 is 0 Å². The SMILES string of the molecule is CCNc1cccc(CC(=O)OC)c1. The fourth-order valence-electron chi connectivity index (χ4n) is 1.23. The average molecular weight is 193 g/mol. The molecule has 0 radical (unpaired) electrons. The summed E-state index contributed by atoms with van der Waals surface area (Å²) in [5.41, 5.74) is 2.00. The van der Waals surface area contributed by atoms with E-state index in [-0.39, 0.29) is 5.97 Å². The number of hydrogen-bond donors (Lipinski definition) is 1. The van der Waals surface area contributed by atoms with E-state index in [1.807, 2.05) is 31.2 Å². The Morgan fingerprint density at radius 3 is 2.93 bits per heavy atom. The van der Waals surface area contributed by atoms with E-state index in [2.05, 4.69) is 10.1 Å². The highest BCUT2D eigenvalue weighted by molar-refractivity contribution is 5.72. The summed E-state index contributed by atoms with van der Waals surface area (Å²) in [6.45, 7) is 2.91. The van der Waals surface area contributed by atoms with Crippen molar-refractivity contribution < 1.29 is 9.53 Å². The van der Waals surface area contributed by atoms with Crippen molar-refractivity contribution in [1.29, 1.82) is 0 Å². The van der Waals surface area contributed by atoms with Gasteiger partial charge in [-0.05, 0) is 24.6 Å². The van der Waals surface area contributed by atoms with Gasteiger partial charge in [-0.1, -0.05) is 12.1 Å². The van der Waals surface area contributed by atoms with Gasteiger partial charge >= 0.3 is 5.97 Å². The number of hydrogen-bond acceptors (Lipinski definition) is 3. The molecule has 0 aliphatic rings. The van der Waals surface area contributed by atoms with E-state index in [4.69, 9.17) is 0 Å². The average Bonchev–Trinajstić information content (AvgIpc) is 2.19. The van der Waals surface area contributed by atoms with Crippen molar-refractivity contribution in [2.45, 2.75) is 13.3 Å². The Kier molecular flexibility index (Phi) is 3.98. The van der Waals surface area contributed by atoms with Gasteiger partial charge in [-0.2, -0.15) is 0 Å². The molecule has 0 fully saturated rings. The molecular weight excluding hydrogens is 178 g/mol. The van der Waals surface area contributed by atoms with E-state index in [0.717, 1.165) is 17.8 Å². The molecule has 0 aliphatic carbocycles. The van der Waals surface area contributed by atoms with Crippen molar-refractivity contribution in [2.75, 3.05) is 19.0 Å². The first-order chi connectivity index (χ1) is 6.76. The summed E-state index contributed by atoms with van der Waals surface area (Å²) in [6, 6.07) is 7.78. The molecule has 0 unspecified atom stereocenters.